The van der Waals surface area contributed by atoms with Crippen LogP contribution in [0.15, 0.2) is 29.6 Å². The summed E-state index contributed by atoms with van der Waals surface area (Å²) in [5.74, 6) is -0.0258. The number of carbonyl (C=O) groups is 1. The monoisotopic (exact) mass is 331 g/mol. The van der Waals surface area contributed by atoms with Crippen molar-refractivity contribution in [2.75, 3.05) is 18.4 Å². The smallest absolute Gasteiger partial charge is 0.256 e. The third-order valence-corrected chi connectivity index (χ3v) is 4.90. The fourth-order valence-corrected chi connectivity index (χ4v) is 3.50. The summed E-state index contributed by atoms with van der Waals surface area (Å²) in [5.41, 5.74) is 2.47. The number of β-amino-alcohol motifs (C(OH)–C–C–N with tert-alkyl or cyclic N) is 1. The van der Waals surface area contributed by atoms with Crippen molar-refractivity contribution in [3.05, 3.63) is 45.9 Å². The Morgan fingerprint density at radius 2 is 2.30 bits per heavy atom. The summed E-state index contributed by atoms with van der Waals surface area (Å²) < 4.78 is 0. The number of benzene rings is 1. The lowest BCUT2D eigenvalue weighted by atomic mass is 10.1. The highest BCUT2D eigenvalue weighted by atomic mass is 32.1. The van der Waals surface area contributed by atoms with E-state index in [9.17, 15) is 9.90 Å². The Kier molecular flexibility index (Phi) is 4.93. The van der Waals surface area contributed by atoms with E-state index >= 15 is 0 Å². The highest BCUT2D eigenvalue weighted by Crippen LogP contribution is 2.21. The number of aliphatic hydroxyl groups excluding tert-OH is 1. The number of hydrogen-bond acceptors (Lipinski definition) is 5. The minimum atomic E-state index is -0.411. The molecule has 1 aliphatic heterocycles. The molecule has 122 valence electrons. The second-order valence-corrected chi connectivity index (χ2v) is 6.77. The molecule has 1 aromatic carbocycles. The Balaban J connectivity index is 1.73. The van der Waals surface area contributed by atoms with E-state index in [1.165, 1.54) is 0 Å². The van der Waals surface area contributed by atoms with E-state index in [1.54, 1.807) is 16.2 Å². The maximum Gasteiger partial charge on any atom is 0.256 e. The number of thiazole rings is 1. The van der Waals surface area contributed by atoms with Gasteiger partial charge in [0.05, 0.1) is 18.2 Å². The van der Waals surface area contributed by atoms with Crippen LogP contribution in [0.5, 0.6) is 0 Å². The Labute approximate surface area is 140 Å². The summed E-state index contributed by atoms with van der Waals surface area (Å²) >= 11 is 1.61. The van der Waals surface area contributed by atoms with Gasteiger partial charge in [0.15, 0.2) is 0 Å². The van der Waals surface area contributed by atoms with Gasteiger partial charge < -0.3 is 15.3 Å². The molecule has 1 atom stereocenters. The van der Waals surface area contributed by atoms with Gasteiger partial charge in [-0.05, 0) is 31.9 Å². The van der Waals surface area contributed by atoms with Gasteiger partial charge in [0.1, 0.15) is 5.01 Å². The highest BCUT2D eigenvalue weighted by Gasteiger charge is 2.24. The van der Waals surface area contributed by atoms with Crippen LogP contribution in [-0.4, -0.2) is 40.1 Å². The van der Waals surface area contributed by atoms with Gasteiger partial charge in [-0.2, -0.15) is 0 Å². The molecule has 3 rings (SSSR count). The number of hydrogen-bond donors (Lipinski definition) is 2. The van der Waals surface area contributed by atoms with Crippen molar-refractivity contribution in [3.8, 4) is 0 Å². The molecule has 0 radical (unpaired) electrons. The predicted octanol–water partition coefficient (Wildman–Crippen LogP) is 2.66. The van der Waals surface area contributed by atoms with Crippen molar-refractivity contribution < 1.29 is 9.90 Å². The number of nitrogens with one attached hydrogen (secondary N) is 1. The fourth-order valence-electron chi connectivity index (χ4n) is 2.79. The summed E-state index contributed by atoms with van der Waals surface area (Å²) in [6, 6.07) is 7.52. The van der Waals surface area contributed by atoms with E-state index in [0.29, 0.717) is 25.2 Å². The van der Waals surface area contributed by atoms with Gasteiger partial charge in [-0.25, -0.2) is 4.98 Å². The first-order valence-electron chi connectivity index (χ1n) is 7.85. The molecule has 0 aliphatic carbocycles. The number of amides is 1. The highest BCUT2D eigenvalue weighted by molar-refractivity contribution is 7.09. The van der Waals surface area contributed by atoms with E-state index in [1.807, 2.05) is 36.6 Å². The number of aromatic nitrogens is 1. The zero-order chi connectivity index (χ0) is 16.2. The van der Waals surface area contributed by atoms with E-state index < -0.39 is 6.10 Å². The minimum absolute atomic E-state index is 0.0258. The molecule has 1 fully saturated rings. The number of carbonyl (C=O) groups excluding carboxylic acids is 1. The van der Waals surface area contributed by atoms with Gasteiger partial charge in [0.25, 0.3) is 5.91 Å². The lowest BCUT2D eigenvalue weighted by Crippen LogP contribution is -2.42. The molecule has 0 bridgehead atoms. The molecular weight excluding hydrogens is 310 g/mol. The third kappa shape index (κ3) is 3.89. The van der Waals surface area contributed by atoms with Crippen molar-refractivity contribution in [1.82, 2.24) is 9.88 Å². The molecule has 1 aromatic heterocycles. The van der Waals surface area contributed by atoms with Crippen LogP contribution in [0.4, 0.5) is 5.69 Å². The number of piperidine rings is 1. The van der Waals surface area contributed by atoms with Crippen LogP contribution >= 0.6 is 11.3 Å². The maximum absolute atomic E-state index is 12.7. The lowest BCUT2D eigenvalue weighted by molar-refractivity contribution is 0.0474. The van der Waals surface area contributed by atoms with Crippen LogP contribution in [0.2, 0.25) is 0 Å². The molecular formula is C17H21N3O2S. The molecule has 1 amide bonds. The van der Waals surface area contributed by atoms with E-state index in [4.69, 9.17) is 0 Å². The van der Waals surface area contributed by atoms with Gasteiger partial charge in [-0.15, -0.1) is 11.3 Å². The second-order valence-electron chi connectivity index (χ2n) is 5.83. The summed E-state index contributed by atoms with van der Waals surface area (Å²) in [6.07, 6.45) is 1.21. The van der Waals surface area contributed by atoms with Crippen LogP contribution in [-0.2, 0) is 6.54 Å². The first-order valence-corrected chi connectivity index (χ1v) is 8.72. The van der Waals surface area contributed by atoms with Crippen LogP contribution in [0.3, 0.4) is 0 Å². The third-order valence-electron chi connectivity index (χ3n) is 3.94. The molecule has 2 aromatic rings. The van der Waals surface area contributed by atoms with Gasteiger partial charge >= 0.3 is 0 Å². The number of rotatable bonds is 4. The summed E-state index contributed by atoms with van der Waals surface area (Å²) in [5, 5.41) is 16.1. The SMILES string of the molecule is Cc1csc(CNc2ccccc2C(=O)N2CCCC(O)C2)n1. The Bertz CT molecular complexity index is 686. The quantitative estimate of drug-likeness (QED) is 0.904. The number of aryl methyl sites for hydroxylation is 1. The molecule has 5 nitrogen and oxygen atoms in total. The van der Waals surface area contributed by atoms with Crippen molar-refractivity contribution >= 4 is 22.9 Å². The molecule has 23 heavy (non-hydrogen) atoms. The Hall–Kier alpha value is -1.92. The topological polar surface area (TPSA) is 65.5 Å². The largest absolute Gasteiger partial charge is 0.391 e. The summed E-state index contributed by atoms with van der Waals surface area (Å²) in [4.78, 5) is 18.9. The Morgan fingerprint density at radius 1 is 1.48 bits per heavy atom. The van der Waals surface area contributed by atoms with Crippen LogP contribution in [0.1, 0.15) is 33.9 Å². The van der Waals surface area contributed by atoms with Gasteiger partial charge in [0, 0.05) is 29.9 Å². The molecule has 1 aliphatic rings. The first kappa shape index (κ1) is 16.0. The summed E-state index contributed by atoms with van der Waals surface area (Å²) in [7, 11) is 0. The maximum atomic E-state index is 12.7. The average Bonchev–Trinajstić information content (AvgIpc) is 2.98. The number of anilines is 1. The van der Waals surface area contributed by atoms with E-state index in [0.717, 1.165) is 29.2 Å². The number of likely N-dealkylation sites (tertiary alicyclic amines) is 1. The van der Waals surface area contributed by atoms with E-state index in [2.05, 4.69) is 10.3 Å². The predicted molar refractivity (Wildman–Crippen MR) is 91.8 cm³/mol. The van der Waals surface area contributed by atoms with Crippen LogP contribution in [0, 0.1) is 6.92 Å². The first-order chi connectivity index (χ1) is 11.1. The second kappa shape index (κ2) is 7.10. The van der Waals surface area contributed by atoms with Crippen LogP contribution in [0.25, 0.3) is 0 Å². The molecule has 6 heteroatoms. The van der Waals surface area contributed by atoms with Gasteiger partial charge in [-0.1, -0.05) is 12.1 Å². The number of aliphatic hydroxyl groups is 1. The van der Waals surface area contributed by atoms with Gasteiger partial charge in [0.2, 0.25) is 0 Å². The zero-order valence-corrected chi connectivity index (χ0v) is 14.0. The summed E-state index contributed by atoms with van der Waals surface area (Å²) in [6.45, 7) is 3.69. The van der Waals surface area contributed by atoms with Crippen LogP contribution < -0.4 is 5.32 Å². The molecule has 2 heterocycles. The standard InChI is InChI=1S/C17H21N3O2S/c1-12-11-23-16(19-12)9-18-15-7-3-2-6-14(15)17(22)20-8-4-5-13(21)10-20/h2-3,6-7,11,13,18,21H,4-5,8-10H2,1H3. The molecule has 0 saturated carbocycles. The molecule has 1 unspecified atom stereocenters. The zero-order valence-electron chi connectivity index (χ0n) is 13.2. The molecule has 1 saturated heterocycles. The fraction of sp³-hybridized carbons (Fsp3) is 0.412. The number of nitrogens with zero attached hydrogens (tertiary/aromatic N) is 2. The lowest BCUT2D eigenvalue weighted by Gasteiger charge is -2.30. The normalized spacial score (nSPS) is 18.0. The van der Waals surface area contributed by atoms with Crippen molar-refractivity contribution in [3.63, 3.8) is 0 Å². The van der Waals surface area contributed by atoms with E-state index in [-0.39, 0.29) is 5.91 Å². The molecule has 0 spiro atoms. The molecule has 2 N–H and O–H groups in total. The van der Waals surface area contributed by atoms with Crippen molar-refractivity contribution in [2.24, 2.45) is 0 Å². The Morgan fingerprint density at radius 3 is 3.04 bits per heavy atom. The minimum Gasteiger partial charge on any atom is -0.391 e. The number of para-hydroxylation sites is 1. The van der Waals surface area contributed by atoms with Gasteiger partial charge in [-0.3, -0.25) is 4.79 Å². The average molecular weight is 331 g/mol. The van der Waals surface area contributed by atoms with Crippen molar-refractivity contribution in [1.29, 1.82) is 0 Å². The van der Waals surface area contributed by atoms with Crippen molar-refractivity contribution in [2.45, 2.75) is 32.4 Å².